The Bertz CT molecular complexity index is 740. The van der Waals surface area contributed by atoms with Crippen LogP contribution in [0.15, 0.2) is 23.2 Å². The maximum Gasteiger partial charge on any atom is 0.219 e. The Morgan fingerprint density at radius 2 is 2.00 bits per heavy atom. The van der Waals surface area contributed by atoms with E-state index in [1.54, 1.807) is 24.0 Å². The molecule has 25 heavy (non-hydrogen) atoms. The van der Waals surface area contributed by atoms with E-state index in [2.05, 4.69) is 9.88 Å². The molecule has 1 spiro atoms. The highest BCUT2D eigenvalue weighted by atomic mass is 32.2. The Hall–Kier alpha value is -1.67. The predicted octanol–water partition coefficient (Wildman–Crippen LogP) is 0.685. The number of carbonyl (C=O) groups excluding carboxylic acids is 1. The number of anilines is 1. The Kier molecular flexibility index (Phi) is 4.76. The van der Waals surface area contributed by atoms with Gasteiger partial charge < -0.3 is 14.9 Å². The molecule has 0 aromatic carbocycles. The molecule has 0 bridgehead atoms. The number of aliphatic hydroxyl groups excluding tert-OH is 1. The quantitative estimate of drug-likeness (QED) is 0.827. The molecule has 1 unspecified atom stereocenters. The molecule has 2 fully saturated rings. The average molecular weight is 367 g/mol. The monoisotopic (exact) mass is 367 g/mol. The van der Waals surface area contributed by atoms with Crippen molar-refractivity contribution in [2.45, 2.75) is 37.2 Å². The lowest BCUT2D eigenvalue weighted by atomic mass is 9.71. The number of nitrogens with zero attached hydrogens (tertiary/aromatic N) is 3. The molecular weight excluding hydrogens is 342 g/mol. The topological polar surface area (TPSA) is 90.8 Å². The number of hydrogen-bond donors (Lipinski definition) is 1. The molecule has 0 saturated carbocycles. The molecule has 1 N–H and O–H groups in total. The molecule has 3 heterocycles. The van der Waals surface area contributed by atoms with Gasteiger partial charge in [0.15, 0.2) is 9.84 Å². The van der Waals surface area contributed by atoms with Crippen molar-refractivity contribution in [3.63, 3.8) is 0 Å². The summed E-state index contributed by atoms with van der Waals surface area (Å²) in [5, 5.41) is 10.2. The minimum atomic E-state index is -3.24. The normalized spacial score (nSPS) is 23.7. The molecule has 0 radical (unpaired) electrons. The van der Waals surface area contributed by atoms with Gasteiger partial charge in [-0.15, -0.1) is 0 Å². The van der Waals surface area contributed by atoms with Crippen LogP contribution in [0.1, 0.15) is 26.2 Å². The number of carbonyl (C=O) groups is 1. The number of aliphatic hydroxyl groups is 1. The van der Waals surface area contributed by atoms with Crippen molar-refractivity contribution in [1.29, 1.82) is 0 Å². The smallest absolute Gasteiger partial charge is 0.219 e. The Morgan fingerprint density at radius 1 is 1.32 bits per heavy atom. The summed E-state index contributed by atoms with van der Waals surface area (Å²) >= 11 is 0. The highest BCUT2D eigenvalue weighted by Gasteiger charge is 2.42. The molecule has 8 heteroatoms. The predicted molar refractivity (Wildman–Crippen MR) is 94.1 cm³/mol. The molecule has 138 valence electrons. The summed E-state index contributed by atoms with van der Waals surface area (Å²) in [5.74, 6) is 0.778. The minimum Gasteiger partial charge on any atom is -0.391 e. The molecule has 3 rings (SSSR count). The van der Waals surface area contributed by atoms with E-state index in [1.165, 1.54) is 12.5 Å². The molecule has 2 aliphatic rings. The van der Waals surface area contributed by atoms with Crippen LogP contribution in [0, 0.1) is 5.41 Å². The van der Waals surface area contributed by atoms with Crippen LogP contribution < -0.4 is 4.90 Å². The van der Waals surface area contributed by atoms with Gasteiger partial charge in [-0.25, -0.2) is 13.4 Å². The van der Waals surface area contributed by atoms with E-state index in [0.29, 0.717) is 13.1 Å². The van der Waals surface area contributed by atoms with Gasteiger partial charge in [0, 0.05) is 45.6 Å². The number of sulfone groups is 1. The van der Waals surface area contributed by atoms with Gasteiger partial charge in [-0.1, -0.05) is 0 Å². The van der Waals surface area contributed by atoms with Crippen molar-refractivity contribution in [3.05, 3.63) is 18.3 Å². The van der Waals surface area contributed by atoms with E-state index < -0.39 is 15.9 Å². The van der Waals surface area contributed by atoms with E-state index in [1.807, 2.05) is 0 Å². The molecule has 0 aliphatic carbocycles. The maximum absolute atomic E-state index is 11.7. The summed E-state index contributed by atoms with van der Waals surface area (Å²) in [6.07, 6.45) is 4.59. The number of rotatable bonds is 2. The molecule has 1 amide bonds. The van der Waals surface area contributed by atoms with Crippen LogP contribution in [0.4, 0.5) is 5.82 Å². The highest BCUT2D eigenvalue weighted by molar-refractivity contribution is 7.90. The largest absolute Gasteiger partial charge is 0.391 e. The zero-order chi connectivity index (χ0) is 18.2. The third-order valence-corrected chi connectivity index (χ3v) is 6.47. The summed E-state index contributed by atoms with van der Waals surface area (Å²) in [7, 11) is -3.24. The average Bonchev–Trinajstić information content (AvgIpc) is 2.54. The van der Waals surface area contributed by atoms with E-state index in [4.69, 9.17) is 0 Å². The first-order valence-electron chi connectivity index (χ1n) is 8.53. The van der Waals surface area contributed by atoms with Crippen LogP contribution in [0.5, 0.6) is 0 Å². The Labute approximate surface area is 148 Å². The van der Waals surface area contributed by atoms with E-state index in [0.717, 1.165) is 38.2 Å². The van der Waals surface area contributed by atoms with Gasteiger partial charge in [0.1, 0.15) is 5.82 Å². The molecule has 7 nitrogen and oxygen atoms in total. The number of amides is 1. The standard InChI is InChI=1S/C17H25N3O4S/c1-13(21)20-11-14(22)9-17(12-20)5-7-19(8-6-17)16-4-3-15(10-18-16)25(2,23)24/h3-4,10,14,22H,5-9,11-12H2,1-2H3. The lowest BCUT2D eigenvalue weighted by Crippen LogP contribution is -2.55. The van der Waals surface area contributed by atoms with Gasteiger partial charge in [-0.2, -0.15) is 0 Å². The van der Waals surface area contributed by atoms with E-state index >= 15 is 0 Å². The number of aromatic nitrogens is 1. The van der Waals surface area contributed by atoms with Crippen molar-refractivity contribution >= 4 is 21.6 Å². The second-order valence-corrected chi connectivity index (χ2v) is 9.38. The first-order valence-corrected chi connectivity index (χ1v) is 10.4. The minimum absolute atomic E-state index is 0.0126. The second kappa shape index (κ2) is 6.57. The van der Waals surface area contributed by atoms with Crippen LogP contribution in [-0.2, 0) is 14.6 Å². The van der Waals surface area contributed by atoms with Crippen LogP contribution in [0.3, 0.4) is 0 Å². The SMILES string of the molecule is CC(=O)N1CC(O)CC2(CCN(c3ccc(S(C)(=O)=O)cn3)CC2)C1. The summed E-state index contributed by atoms with van der Waals surface area (Å²) in [6, 6.07) is 3.33. The number of hydrogen-bond acceptors (Lipinski definition) is 6. The number of pyridine rings is 1. The van der Waals surface area contributed by atoms with Crippen LogP contribution in [-0.4, -0.2) is 67.9 Å². The van der Waals surface area contributed by atoms with Crippen molar-refractivity contribution in [1.82, 2.24) is 9.88 Å². The third-order valence-electron chi connectivity index (χ3n) is 5.37. The molecule has 1 aromatic rings. The van der Waals surface area contributed by atoms with Crippen molar-refractivity contribution in [2.75, 3.05) is 37.3 Å². The molecular formula is C17H25N3O4S. The Balaban J connectivity index is 1.68. The zero-order valence-corrected chi connectivity index (χ0v) is 15.5. The lowest BCUT2D eigenvalue weighted by molar-refractivity contribution is -0.137. The van der Waals surface area contributed by atoms with Crippen molar-refractivity contribution < 1.29 is 18.3 Å². The first-order chi connectivity index (χ1) is 11.7. The summed E-state index contributed by atoms with van der Waals surface area (Å²) in [5.41, 5.74) is -0.0352. The van der Waals surface area contributed by atoms with Gasteiger partial charge in [0.2, 0.25) is 5.91 Å². The van der Waals surface area contributed by atoms with Gasteiger partial charge >= 0.3 is 0 Å². The van der Waals surface area contributed by atoms with Crippen LogP contribution in [0.25, 0.3) is 0 Å². The maximum atomic E-state index is 11.7. The molecule has 2 aliphatic heterocycles. The van der Waals surface area contributed by atoms with E-state index in [-0.39, 0.29) is 16.2 Å². The first kappa shape index (κ1) is 18.1. The number of piperidine rings is 2. The third kappa shape index (κ3) is 3.95. The highest BCUT2D eigenvalue weighted by Crippen LogP contribution is 2.40. The van der Waals surface area contributed by atoms with Crippen molar-refractivity contribution in [3.8, 4) is 0 Å². The summed E-state index contributed by atoms with van der Waals surface area (Å²) in [6.45, 7) is 4.24. The van der Waals surface area contributed by atoms with Gasteiger partial charge in [-0.3, -0.25) is 4.79 Å². The zero-order valence-electron chi connectivity index (χ0n) is 14.7. The van der Waals surface area contributed by atoms with Gasteiger partial charge in [0.25, 0.3) is 0 Å². The fourth-order valence-electron chi connectivity index (χ4n) is 3.94. The van der Waals surface area contributed by atoms with Gasteiger partial charge in [0.05, 0.1) is 11.0 Å². The number of likely N-dealkylation sites (tertiary alicyclic amines) is 1. The van der Waals surface area contributed by atoms with Crippen LogP contribution in [0.2, 0.25) is 0 Å². The summed E-state index contributed by atoms with van der Waals surface area (Å²) in [4.78, 5) is 20.1. The lowest BCUT2D eigenvalue weighted by Gasteiger charge is -2.49. The Morgan fingerprint density at radius 3 is 2.52 bits per heavy atom. The summed E-state index contributed by atoms with van der Waals surface area (Å²) < 4.78 is 23.1. The molecule has 1 atom stereocenters. The van der Waals surface area contributed by atoms with Gasteiger partial charge in [-0.05, 0) is 36.8 Å². The fourth-order valence-corrected chi connectivity index (χ4v) is 4.50. The molecule has 2 saturated heterocycles. The second-order valence-electron chi connectivity index (χ2n) is 7.37. The van der Waals surface area contributed by atoms with Crippen molar-refractivity contribution in [2.24, 2.45) is 5.41 Å². The molecule has 1 aromatic heterocycles. The fraction of sp³-hybridized carbons (Fsp3) is 0.647. The number of β-amino-alcohol motifs (C(OH)–C–C–N with tert-alkyl or cyclic N) is 1. The van der Waals surface area contributed by atoms with E-state index in [9.17, 15) is 18.3 Å². The van der Waals surface area contributed by atoms with Crippen LogP contribution >= 0.6 is 0 Å².